The molecule has 2 aromatic rings. The summed E-state index contributed by atoms with van der Waals surface area (Å²) in [6.07, 6.45) is 2.86. The lowest BCUT2D eigenvalue weighted by Gasteiger charge is -2.05. The number of alkyl halides is 1. The highest BCUT2D eigenvalue weighted by molar-refractivity contribution is 9.09. The van der Waals surface area contributed by atoms with Gasteiger partial charge in [-0.1, -0.05) is 27.3 Å². The summed E-state index contributed by atoms with van der Waals surface area (Å²) in [5, 5.41) is 6.15. The van der Waals surface area contributed by atoms with Crippen LogP contribution in [0.1, 0.15) is 6.42 Å². The van der Waals surface area contributed by atoms with Gasteiger partial charge in [0.2, 0.25) is 0 Å². The van der Waals surface area contributed by atoms with Gasteiger partial charge in [-0.25, -0.2) is 4.98 Å². The molecule has 0 aliphatic heterocycles. The molecule has 0 unspecified atom stereocenters. The van der Waals surface area contributed by atoms with E-state index < -0.39 is 0 Å². The fraction of sp³-hybridized carbons (Fsp3) is 0.308. The number of hydrogen-bond acceptors (Lipinski definition) is 4. The van der Waals surface area contributed by atoms with Crippen LogP contribution >= 0.6 is 27.3 Å². The number of halogens is 1. The van der Waals surface area contributed by atoms with E-state index in [0.29, 0.717) is 0 Å². The zero-order valence-electron chi connectivity index (χ0n) is 10.1. The molecule has 0 atom stereocenters. The second kappa shape index (κ2) is 6.75. The molecule has 0 spiro atoms. The molecule has 0 saturated carbocycles. The van der Waals surface area contributed by atoms with Gasteiger partial charge < -0.3 is 10.1 Å². The molecule has 1 N–H and O–H groups in total. The van der Waals surface area contributed by atoms with Gasteiger partial charge in [0, 0.05) is 17.9 Å². The van der Waals surface area contributed by atoms with Crippen LogP contribution in [0, 0.1) is 0 Å². The van der Waals surface area contributed by atoms with Crippen molar-refractivity contribution >= 4 is 32.3 Å². The van der Waals surface area contributed by atoms with Crippen LogP contribution in [0.15, 0.2) is 30.5 Å². The van der Waals surface area contributed by atoms with Crippen molar-refractivity contribution in [1.29, 1.82) is 0 Å². The standard InChI is InChI=1S/C13H15BrN2OS/c1-15-12-9-16-13(18-12)10-3-5-11(6-4-10)17-8-2-7-14/h3-6,9,15H,2,7-8H2,1H3. The third kappa shape index (κ3) is 3.46. The minimum Gasteiger partial charge on any atom is -0.494 e. The van der Waals surface area contributed by atoms with Crippen LogP contribution in [-0.4, -0.2) is 24.0 Å². The van der Waals surface area contributed by atoms with Crippen molar-refractivity contribution in [2.75, 3.05) is 24.3 Å². The van der Waals surface area contributed by atoms with Crippen LogP contribution in [0.4, 0.5) is 5.00 Å². The molecule has 5 heteroatoms. The van der Waals surface area contributed by atoms with Gasteiger partial charge in [0.05, 0.1) is 12.8 Å². The summed E-state index contributed by atoms with van der Waals surface area (Å²) in [6.45, 7) is 0.742. The molecular weight excluding hydrogens is 312 g/mol. The molecule has 3 nitrogen and oxygen atoms in total. The van der Waals surface area contributed by atoms with E-state index in [1.165, 1.54) is 0 Å². The van der Waals surface area contributed by atoms with Crippen LogP contribution in [0.3, 0.4) is 0 Å². The Balaban J connectivity index is 2.02. The predicted molar refractivity (Wildman–Crippen MR) is 81.0 cm³/mol. The Bertz CT molecular complexity index is 484. The van der Waals surface area contributed by atoms with E-state index in [-0.39, 0.29) is 0 Å². The molecule has 0 aliphatic carbocycles. The Morgan fingerprint density at radius 3 is 2.72 bits per heavy atom. The normalized spacial score (nSPS) is 10.3. The quantitative estimate of drug-likeness (QED) is 0.643. The summed E-state index contributed by atoms with van der Waals surface area (Å²) in [5.74, 6) is 0.907. The van der Waals surface area contributed by atoms with Crippen molar-refractivity contribution in [2.45, 2.75) is 6.42 Å². The average molecular weight is 327 g/mol. The number of nitrogens with zero attached hydrogens (tertiary/aromatic N) is 1. The summed E-state index contributed by atoms with van der Waals surface area (Å²) >= 11 is 5.03. The second-order valence-electron chi connectivity index (χ2n) is 3.70. The van der Waals surface area contributed by atoms with Gasteiger partial charge in [-0.15, -0.1) is 0 Å². The van der Waals surface area contributed by atoms with E-state index in [1.807, 2.05) is 37.5 Å². The summed E-state index contributed by atoms with van der Waals surface area (Å²) in [6, 6.07) is 8.07. The van der Waals surface area contributed by atoms with Gasteiger partial charge in [-0.3, -0.25) is 0 Å². The number of thiazole rings is 1. The molecular formula is C13H15BrN2OS. The number of rotatable bonds is 6. The molecule has 0 fully saturated rings. The van der Waals surface area contributed by atoms with E-state index in [9.17, 15) is 0 Å². The minimum absolute atomic E-state index is 0.742. The van der Waals surface area contributed by atoms with Crippen LogP contribution in [0.2, 0.25) is 0 Å². The third-order valence-electron chi connectivity index (χ3n) is 2.40. The SMILES string of the molecule is CNc1cnc(-c2ccc(OCCCBr)cc2)s1. The van der Waals surface area contributed by atoms with Gasteiger partial charge in [-0.2, -0.15) is 0 Å². The fourth-order valence-corrected chi connectivity index (χ4v) is 2.47. The Kier molecular flexibility index (Phi) is 5.01. The van der Waals surface area contributed by atoms with Crippen molar-refractivity contribution in [3.05, 3.63) is 30.5 Å². The summed E-state index contributed by atoms with van der Waals surface area (Å²) in [7, 11) is 1.90. The number of ether oxygens (including phenoxy) is 1. The first kappa shape index (κ1) is 13.4. The van der Waals surface area contributed by atoms with Crippen LogP contribution in [0.25, 0.3) is 10.6 Å². The lowest BCUT2D eigenvalue weighted by Crippen LogP contribution is -1.97. The van der Waals surface area contributed by atoms with Gasteiger partial charge in [0.25, 0.3) is 0 Å². The zero-order valence-corrected chi connectivity index (χ0v) is 12.6. The molecule has 1 aromatic heterocycles. The molecule has 0 radical (unpaired) electrons. The topological polar surface area (TPSA) is 34.2 Å². The Labute approximate surface area is 119 Å². The molecule has 96 valence electrons. The maximum atomic E-state index is 5.60. The Morgan fingerprint density at radius 1 is 1.33 bits per heavy atom. The highest BCUT2D eigenvalue weighted by Gasteiger charge is 2.03. The van der Waals surface area contributed by atoms with Crippen LogP contribution < -0.4 is 10.1 Å². The first-order valence-electron chi connectivity index (χ1n) is 5.76. The number of nitrogens with one attached hydrogen (secondary N) is 1. The van der Waals surface area contributed by atoms with Crippen molar-refractivity contribution in [1.82, 2.24) is 4.98 Å². The van der Waals surface area contributed by atoms with Gasteiger partial charge in [-0.05, 0) is 30.7 Å². The molecule has 0 aliphatic rings. The number of anilines is 1. The number of benzene rings is 1. The zero-order chi connectivity index (χ0) is 12.8. The Morgan fingerprint density at radius 2 is 2.11 bits per heavy atom. The predicted octanol–water partition coefficient (Wildman–Crippen LogP) is 4.02. The molecule has 0 bridgehead atoms. The largest absolute Gasteiger partial charge is 0.494 e. The summed E-state index contributed by atoms with van der Waals surface area (Å²) < 4.78 is 5.60. The Hall–Kier alpha value is -1.07. The maximum absolute atomic E-state index is 5.60. The monoisotopic (exact) mass is 326 g/mol. The fourth-order valence-electron chi connectivity index (χ4n) is 1.46. The third-order valence-corrected chi connectivity index (χ3v) is 4.02. The van der Waals surface area contributed by atoms with E-state index in [2.05, 4.69) is 26.2 Å². The van der Waals surface area contributed by atoms with E-state index in [4.69, 9.17) is 4.74 Å². The van der Waals surface area contributed by atoms with Gasteiger partial charge in [0.15, 0.2) is 0 Å². The number of aromatic nitrogens is 1. The van der Waals surface area contributed by atoms with Crippen molar-refractivity contribution in [3.8, 4) is 16.3 Å². The summed E-state index contributed by atoms with van der Waals surface area (Å²) in [4.78, 5) is 4.37. The van der Waals surface area contributed by atoms with E-state index in [0.717, 1.165) is 39.7 Å². The number of hydrogen-bond donors (Lipinski definition) is 1. The molecule has 0 amide bonds. The van der Waals surface area contributed by atoms with E-state index in [1.54, 1.807) is 11.3 Å². The van der Waals surface area contributed by atoms with Crippen LogP contribution in [0.5, 0.6) is 5.75 Å². The molecule has 18 heavy (non-hydrogen) atoms. The highest BCUT2D eigenvalue weighted by Crippen LogP contribution is 2.29. The molecule has 1 heterocycles. The lowest BCUT2D eigenvalue weighted by atomic mass is 10.2. The maximum Gasteiger partial charge on any atom is 0.125 e. The van der Waals surface area contributed by atoms with Gasteiger partial charge in [0.1, 0.15) is 15.8 Å². The smallest absolute Gasteiger partial charge is 0.125 e. The van der Waals surface area contributed by atoms with Crippen molar-refractivity contribution in [2.24, 2.45) is 0 Å². The minimum atomic E-state index is 0.742. The van der Waals surface area contributed by atoms with Gasteiger partial charge >= 0.3 is 0 Å². The van der Waals surface area contributed by atoms with Crippen LogP contribution in [-0.2, 0) is 0 Å². The highest BCUT2D eigenvalue weighted by atomic mass is 79.9. The molecule has 0 saturated heterocycles. The average Bonchev–Trinajstić information content (AvgIpc) is 2.89. The van der Waals surface area contributed by atoms with E-state index >= 15 is 0 Å². The first-order chi connectivity index (χ1) is 8.83. The molecule has 2 rings (SSSR count). The molecule has 1 aromatic carbocycles. The first-order valence-corrected chi connectivity index (χ1v) is 7.70. The summed E-state index contributed by atoms with van der Waals surface area (Å²) in [5.41, 5.74) is 1.12. The van der Waals surface area contributed by atoms with Crippen molar-refractivity contribution in [3.63, 3.8) is 0 Å². The lowest BCUT2D eigenvalue weighted by molar-refractivity contribution is 0.319. The second-order valence-corrected chi connectivity index (χ2v) is 5.52. The van der Waals surface area contributed by atoms with Crippen molar-refractivity contribution < 1.29 is 4.74 Å².